The van der Waals surface area contributed by atoms with Gasteiger partial charge in [-0.15, -0.1) is 0 Å². The van der Waals surface area contributed by atoms with Gasteiger partial charge in [0.2, 0.25) is 0 Å². The maximum Gasteiger partial charge on any atom is 0.324 e. The van der Waals surface area contributed by atoms with E-state index in [1.54, 1.807) is 30.3 Å². The van der Waals surface area contributed by atoms with Gasteiger partial charge in [-0.05, 0) is 24.5 Å². The number of fused-ring (bicyclic) bond motifs is 1. The molecule has 3 rings (SSSR count). The number of hydrogen-bond acceptors (Lipinski definition) is 4. The molecule has 2 aliphatic carbocycles. The Hall–Kier alpha value is -2.41. The molecular weight excluding hydrogens is 288 g/mol. The summed E-state index contributed by atoms with van der Waals surface area (Å²) in [4.78, 5) is 34.8. The van der Waals surface area contributed by atoms with Crippen LogP contribution >= 0.6 is 0 Å². The SMILES string of the molecule is N[C@@]1(C(=O)O)C[C@H](NC(=O)c2ccccc2)[C@H]2[C@H](C(=O)O)[C@H]21. The van der Waals surface area contributed by atoms with Gasteiger partial charge in [0.15, 0.2) is 0 Å². The molecule has 0 bridgehead atoms. The number of nitrogens with one attached hydrogen (secondary N) is 1. The number of hydrogen-bond donors (Lipinski definition) is 4. The highest BCUT2D eigenvalue weighted by molar-refractivity contribution is 5.95. The largest absolute Gasteiger partial charge is 0.481 e. The first-order chi connectivity index (χ1) is 10.4. The average molecular weight is 304 g/mol. The zero-order valence-corrected chi connectivity index (χ0v) is 11.6. The lowest BCUT2D eigenvalue weighted by Crippen LogP contribution is -2.52. The molecule has 0 spiro atoms. The number of rotatable bonds is 4. The third-order valence-corrected chi connectivity index (χ3v) is 4.73. The quantitative estimate of drug-likeness (QED) is 0.615. The van der Waals surface area contributed by atoms with Gasteiger partial charge in [0.05, 0.1) is 5.92 Å². The minimum absolute atomic E-state index is 0.0417. The van der Waals surface area contributed by atoms with E-state index in [4.69, 9.17) is 5.73 Å². The highest BCUT2D eigenvalue weighted by Crippen LogP contribution is 2.61. The van der Waals surface area contributed by atoms with Crippen LogP contribution in [0.3, 0.4) is 0 Å². The molecule has 2 fully saturated rings. The molecule has 1 aromatic carbocycles. The fourth-order valence-corrected chi connectivity index (χ4v) is 3.67. The van der Waals surface area contributed by atoms with E-state index in [1.807, 2.05) is 0 Å². The number of benzene rings is 1. The Morgan fingerprint density at radius 3 is 2.36 bits per heavy atom. The molecule has 0 aromatic heterocycles. The Bertz CT molecular complexity index is 647. The summed E-state index contributed by atoms with van der Waals surface area (Å²) in [5, 5.41) is 21.2. The molecule has 7 nitrogen and oxygen atoms in total. The van der Waals surface area contributed by atoms with Crippen LogP contribution in [0.5, 0.6) is 0 Å². The topological polar surface area (TPSA) is 130 Å². The highest BCUT2D eigenvalue weighted by atomic mass is 16.4. The Morgan fingerprint density at radius 1 is 1.18 bits per heavy atom. The minimum Gasteiger partial charge on any atom is -0.481 e. The molecule has 22 heavy (non-hydrogen) atoms. The molecule has 5 N–H and O–H groups in total. The molecule has 5 atom stereocenters. The summed E-state index contributed by atoms with van der Waals surface area (Å²) in [5.41, 5.74) is 4.75. The summed E-state index contributed by atoms with van der Waals surface area (Å²) in [6.07, 6.45) is 0.0417. The maximum absolute atomic E-state index is 12.2. The highest BCUT2D eigenvalue weighted by Gasteiger charge is 2.74. The van der Waals surface area contributed by atoms with Crippen molar-refractivity contribution < 1.29 is 24.6 Å². The zero-order chi connectivity index (χ0) is 16.1. The van der Waals surface area contributed by atoms with E-state index in [0.717, 1.165) is 0 Å². The van der Waals surface area contributed by atoms with Crippen molar-refractivity contribution in [1.82, 2.24) is 5.32 Å². The fraction of sp³-hybridized carbons (Fsp3) is 0.400. The van der Waals surface area contributed by atoms with E-state index >= 15 is 0 Å². The molecule has 0 heterocycles. The van der Waals surface area contributed by atoms with Crippen molar-refractivity contribution in [3.63, 3.8) is 0 Å². The number of amides is 1. The van der Waals surface area contributed by atoms with E-state index in [-0.39, 0.29) is 12.3 Å². The fourth-order valence-electron chi connectivity index (χ4n) is 3.67. The van der Waals surface area contributed by atoms with Crippen molar-refractivity contribution in [2.24, 2.45) is 23.5 Å². The number of aliphatic carboxylic acids is 2. The monoisotopic (exact) mass is 304 g/mol. The van der Waals surface area contributed by atoms with Crippen molar-refractivity contribution in [2.45, 2.75) is 18.0 Å². The van der Waals surface area contributed by atoms with Crippen LogP contribution in [0.4, 0.5) is 0 Å². The first kappa shape index (κ1) is 14.5. The first-order valence-corrected chi connectivity index (χ1v) is 6.97. The van der Waals surface area contributed by atoms with Gasteiger partial charge in [-0.2, -0.15) is 0 Å². The maximum atomic E-state index is 12.2. The number of nitrogens with two attached hydrogens (primary N) is 1. The van der Waals surface area contributed by atoms with Crippen molar-refractivity contribution in [1.29, 1.82) is 0 Å². The minimum atomic E-state index is -1.59. The van der Waals surface area contributed by atoms with Gasteiger partial charge in [0.25, 0.3) is 5.91 Å². The molecule has 0 radical (unpaired) electrons. The van der Waals surface area contributed by atoms with Crippen LogP contribution in [0.25, 0.3) is 0 Å². The van der Waals surface area contributed by atoms with Crippen molar-refractivity contribution in [3.8, 4) is 0 Å². The van der Waals surface area contributed by atoms with E-state index in [0.29, 0.717) is 5.56 Å². The summed E-state index contributed by atoms with van der Waals surface area (Å²) < 4.78 is 0. The van der Waals surface area contributed by atoms with Gasteiger partial charge in [-0.3, -0.25) is 14.4 Å². The Balaban J connectivity index is 1.79. The molecule has 0 saturated heterocycles. The summed E-state index contributed by atoms with van der Waals surface area (Å²) >= 11 is 0. The van der Waals surface area contributed by atoms with Crippen LogP contribution in [0.1, 0.15) is 16.8 Å². The molecule has 1 aromatic rings. The molecule has 0 unspecified atom stereocenters. The van der Waals surface area contributed by atoms with Crippen LogP contribution in [0.15, 0.2) is 30.3 Å². The predicted octanol–water partition coefficient (Wildman–Crippen LogP) is -0.0824. The van der Waals surface area contributed by atoms with E-state index in [9.17, 15) is 24.6 Å². The molecule has 1 amide bonds. The molecule has 0 aliphatic heterocycles. The van der Waals surface area contributed by atoms with E-state index < -0.39 is 41.3 Å². The van der Waals surface area contributed by atoms with Gasteiger partial charge in [0.1, 0.15) is 5.54 Å². The Labute approximate surface area is 126 Å². The van der Waals surface area contributed by atoms with E-state index in [2.05, 4.69) is 5.32 Å². The number of carbonyl (C=O) groups excluding carboxylic acids is 1. The van der Waals surface area contributed by atoms with E-state index in [1.165, 1.54) is 0 Å². The summed E-state index contributed by atoms with van der Waals surface area (Å²) in [7, 11) is 0. The number of carboxylic acids is 2. The van der Waals surface area contributed by atoms with Crippen LogP contribution < -0.4 is 11.1 Å². The normalized spacial score (nSPS) is 35.5. The van der Waals surface area contributed by atoms with Gasteiger partial charge >= 0.3 is 11.9 Å². The lowest BCUT2D eigenvalue weighted by Gasteiger charge is -2.25. The van der Waals surface area contributed by atoms with Crippen LogP contribution in [-0.4, -0.2) is 39.6 Å². The smallest absolute Gasteiger partial charge is 0.324 e. The first-order valence-electron chi connectivity index (χ1n) is 6.97. The predicted molar refractivity (Wildman–Crippen MR) is 75.0 cm³/mol. The molecule has 2 aliphatic rings. The third kappa shape index (κ3) is 2.05. The number of carbonyl (C=O) groups is 3. The summed E-state index contributed by atoms with van der Waals surface area (Å²) in [5.74, 6) is -4.51. The average Bonchev–Trinajstić information content (AvgIpc) is 3.17. The van der Waals surface area contributed by atoms with Crippen LogP contribution in [0.2, 0.25) is 0 Å². The second kappa shape index (κ2) is 4.81. The van der Waals surface area contributed by atoms with Crippen LogP contribution in [-0.2, 0) is 9.59 Å². The van der Waals surface area contributed by atoms with Gasteiger partial charge in [0, 0.05) is 17.5 Å². The Kier molecular flexibility index (Phi) is 3.17. The molecule has 2 saturated carbocycles. The lowest BCUT2D eigenvalue weighted by molar-refractivity contribution is -0.145. The second-order valence-electron chi connectivity index (χ2n) is 5.96. The van der Waals surface area contributed by atoms with Gasteiger partial charge in [-0.25, -0.2) is 0 Å². The van der Waals surface area contributed by atoms with Crippen molar-refractivity contribution in [3.05, 3.63) is 35.9 Å². The zero-order valence-electron chi connectivity index (χ0n) is 11.6. The Morgan fingerprint density at radius 2 is 1.82 bits per heavy atom. The van der Waals surface area contributed by atoms with Crippen LogP contribution in [0, 0.1) is 17.8 Å². The van der Waals surface area contributed by atoms with Crippen molar-refractivity contribution in [2.75, 3.05) is 0 Å². The molecular formula is C15H16N2O5. The lowest BCUT2D eigenvalue weighted by atomic mass is 9.90. The third-order valence-electron chi connectivity index (χ3n) is 4.73. The summed E-state index contributed by atoms with van der Waals surface area (Å²) in [6.45, 7) is 0. The second-order valence-corrected chi connectivity index (χ2v) is 5.96. The molecule has 116 valence electrons. The number of carboxylic acid groups (broad SMARTS) is 2. The summed E-state index contributed by atoms with van der Waals surface area (Å²) in [6, 6.07) is 7.94. The molecule has 7 heteroatoms. The van der Waals surface area contributed by atoms with Crippen molar-refractivity contribution >= 4 is 17.8 Å². The standard InChI is InChI=1S/C15H16N2O5/c16-15(14(21)22)6-8(9-10(11(9)15)13(19)20)17-12(18)7-4-2-1-3-5-7/h1-5,8-11H,6,16H2,(H,17,18)(H,19,20)(H,21,22)/t8-,9-,10-,11-,15-/m0/s1. The van der Waals surface area contributed by atoms with Gasteiger partial charge in [-0.1, -0.05) is 18.2 Å². The van der Waals surface area contributed by atoms with Gasteiger partial charge < -0.3 is 21.3 Å².